The van der Waals surface area contributed by atoms with Gasteiger partial charge in [0.05, 0.1) is 6.10 Å². The van der Waals surface area contributed by atoms with Gasteiger partial charge in [-0.1, -0.05) is 90.9 Å². The van der Waals surface area contributed by atoms with Crippen LogP contribution in [0.4, 0.5) is 0 Å². The van der Waals surface area contributed by atoms with Crippen LogP contribution in [-0.2, 0) is 4.79 Å². The normalized spacial score (nSPS) is 11.9. The summed E-state index contributed by atoms with van der Waals surface area (Å²) in [4.78, 5) is 10.3. The zero-order valence-electron chi connectivity index (χ0n) is 17.1. The molecule has 1 atom stereocenters. The molecule has 0 fully saturated rings. The summed E-state index contributed by atoms with van der Waals surface area (Å²) < 4.78 is 0. The van der Waals surface area contributed by atoms with Gasteiger partial charge in [-0.05, 0) is 19.3 Å². The maximum Gasteiger partial charge on any atom is 0.303 e. The Labute approximate surface area is 156 Å². The molecule has 0 spiro atoms. The summed E-state index contributed by atoms with van der Waals surface area (Å²) in [6, 6.07) is 0. The zero-order chi connectivity index (χ0) is 19.3. The minimum absolute atomic E-state index is 0.338. The molecule has 152 valence electrons. The number of aliphatic carboxylic acids is 1. The average molecular weight is 360 g/mol. The van der Waals surface area contributed by atoms with Crippen LogP contribution in [0, 0.1) is 5.92 Å². The van der Waals surface area contributed by atoms with Crippen molar-refractivity contribution in [3.8, 4) is 0 Å². The first-order chi connectivity index (χ1) is 11.9. The lowest BCUT2D eigenvalue weighted by Gasteiger charge is -2.04. The fourth-order valence-corrected chi connectivity index (χ4v) is 2.60. The number of carboxylic acids is 1. The summed E-state index contributed by atoms with van der Waals surface area (Å²) >= 11 is 0. The Morgan fingerprint density at radius 2 is 1.08 bits per heavy atom. The number of hydrogen-bond acceptors (Lipinski definition) is 3. The number of carboxylic acid groups (broad SMARTS) is 1. The van der Waals surface area contributed by atoms with E-state index in [4.69, 9.17) is 15.9 Å². The Bertz CT molecular complexity index is 268. The Hall–Kier alpha value is -0.610. The molecule has 0 aliphatic carbocycles. The van der Waals surface area contributed by atoms with Crippen LogP contribution in [0.2, 0.25) is 0 Å². The summed E-state index contributed by atoms with van der Waals surface area (Å²) in [7, 11) is 0. The Kier molecular flexibility index (Phi) is 22.8. The van der Waals surface area contributed by atoms with E-state index in [1.54, 1.807) is 6.92 Å². The predicted molar refractivity (Wildman–Crippen MR) is 108 cm³/mol. The number of aliphatic hydroxyl groups is 1. The first-order valence-electron chi connectivity index (χ1n) is 10.5. The Morgan fingerprint density at radius 3 is 1.36 bits per heavy atom. The van der Waals surface area contributed by atoms with Crippen molar-refractivity contribution in [2.75, 3.05) is 6.54 Å². The van der Waals surface area contributed by atoms with E-state index in [1.165, 1.54) is 70.6 Å². The fourth-order valence-electron chi connectivity index (χ4n) is 2.60. The van der Waals surface area contributed by atoms with Crippen molar-refractivity contribution >= 4 is 5.97 Å². The summed E-state index contributed by atoms with van der Waals surface area (Å²) in [5.74, 6) is 0.212. The molecule has 0 aromatic rings. The molecule has 0 radical (unpaired) electrons. The van der Waals surface area contributed by atoms with Crippen LogP contribution in [-0.4, -0.2) is 28.8 Å². The van der Waals surface area contributed by atoms with Gasteiger partial charge in [0.15, 0.2) is 0 Å². The third kappa shape index (κ3) is 31.6. The second-order valence-corrected chi connectivity index (χ2v) is 7.65. The van der Waals surface area contributed by atoms with E-state index in [1.807, 2.05) is 0 Å². The molecular weight excluding hydrogens is 314 g/mol. The molecule has 1 unspecified atom stereocenters. The van der Waals surface area contributed by atoms with Crippen molar-refractivity contribution in [2.45, 2.75) is 117 Å². The van der Waals surface area contributed by atoms with Crippen LogP contribution in [0.3, 0.4) is 0 Å². The van der Waals surface area contributed by atoms with Crippen LogP contribution < -0.4 is 5.73 Å². The zero-order valence-corrected chi connectivity index (χ0v) is 17.1. The SMILES string of the molecule is CC(C)CCCCCCCCCCCCCCC(=O)O.CC(O)CN. The second kappa shape index (κ2) is 21.4. The van der Waals surface area contributed by atoms with Gasteiger partial charge in [0.2, 0.25) is 0 Å². The molecule has 0 bridgehead atoms. The fraction of sp³-hybridized carbons (Fsp3) is 0.952. The van der Waals surface area contributed by atoms with E-state index in [2.05, 4.69) is 13.8 Å². The molecular formula is C21H45NO3. The van der Waals surface area contributed by atoms with Gasteiger partial charge < -0.3 is 15.9 Å². The van der Waals surface area contributed by atoms with E-state index < -0.39 is 5.97 Å². The van der Waals surface area contributed by atoms with Crippen molar-refractivity contribution in [2.24, 2.45) is 11.7 Å². The number of rotatable bonds is 16. The monoisotopic (exact) mass is 359 g/mol. The molecule has 0 saturated heterocycles. The molecule has 4 N–H and O–H groups in total. The molecule has 0 aromatic heterocycles. The molecule has 0 amide bonds. The number of nitrogens with two attached hydrogens (primary N) is 1. The van der Waals surface area contributed by atoms with Crippen LogP contribution in [0.25, 0.3) is 0 Å². The molecule has 0 heterocycles. The Morgan fingerprint density at radius 1 is 0.760 bits per heavy atom. The molecule has 0 aromatic carbocycles. The number of hydrogen-bond donors (Lipinski definition) is 3. The maximum absolute atomic E-state index is 10.3. The van der Waals surface area contributed by atoms with Gasteiger partial charge in [0.25, 0.3) is 0 Å². The molecule has 0 saturated carbocycles. The minimum Gasteiger partial charge on any atom is -0.481 e. The first kappa shape index (κ1) is 26.6. The van der Waals surface area contributed by atoms with E-state index in [9.17, 15) is 4.79 Å². The van der Waals surface area contributed by atoms with E-state index in [0.717, 1.165) is 18.8 Å². The van der Waals surface area contributed by atoms with Crippen LogP contribution in [0.5, 0.6) is 0 Å². The quantitative estimate of drug-likeness (QED) is 0.317. The largest absolute Gasteiger partial charge is 0.481 e. The van der Waals surface area contributed by atoms with Crippen molar-refractivity contribution in [3.05, 3.63) is 0 Å². The highest BCUT2D eigenvalue weighted by atomic mass is 16.4. The summed E-state index contributed by atoms with van der Waals surface area (Å²) in [5.41, 5.74) is 4.92. The smallest absolute Gasteiger partial charge is 0.303 e. The molecule has 4 nitrogen and oxygen atoms in total. The highest BCUT2D eigenvalue weighted by Crippen LogP contribution is 2.14. The lowest BCUT2D eigenvalue weighted by molar-refractivity contribution is -0.137. The highest BCUT2D eigenvalue weighted by Gasteiger charge is 1.97. The predicted octanol–water partition coefficient (Wildman–Crippen LogP) is 5.51. The molecule has 4 heteroatoms. The van der Waals surface area contributed by atoms with E-state index >= 15 is 0 Å². The topological polar surface area (TPSA) is 83.5 Å². The van der Waals surface area contributed by atoms with Crippen molar-refractivity contribution in [1.29, 1.82) is 0 Å². The van der Waals surface area contributed by atoms with Gasteiger partial charge in [0.1, 0.15) is 0 Å². The number of aliphatic hydroxyl groups excluding tert-OH is 1. The Balaban J connectivity index is 0. The van der Waals surface area contributed by atoms with E-state index in [0.29, 0.717) is 13.0 Å². The van der Waals surface area contributed by atoms with Gasteiger partial charge in [-0.15, -0.1) is 0 Å². The first-order valence-corrected chi connectivity index (χ1v) is 10.5. The summed E-state index contributed by atoms with van der Waals surface area (Å²) in [5, 5.41) is 16.8. The van der Waals surface area contributed by atoms with Crippen LogP contribution in [0.1, 0.15) is 111 Å². The lowest BCUT2D eigenvalue weighted by atomic mass is 10.0. The van der Waals surface area contributed by atoms with Crippen molar-refractivity contribution in [1.82, 2.24) is 0 Å². The second-order valence-electron chi connectivity index (χ2n) is 7.65. The van der Waals surface area contributed by atoms with Gasteiger partial charge in [-0.25, -0.2) is 0 Å². The molecule has 0 rings (SSSR count). The third-order valence-electron chi connectivity index (χ3n) is 4.26. The minimum atomic E-state index is -0.654. The van der Waals surface area contributed by atoms with Gasteiger partial charge in [0, 0.05) is 13.0 Å². The molecule has 0 aliphatic heterocycles. The summed E-state index contributed by atoms with van der Waals surface area (Å²) in [6.07, 6.45) is 17.0. The highest BCUT2D eigenvalue weighted by molar-refractivity contribution is 5.66. The van der Waals surface area contributed by atoms with Gasteiger partial charge >= 0.3 is 5.97 Å². The van der Waals surface area contributed by atoms with Crippen molar-refractivity contribution in [3.63, 3.8) is 0 Å². The van der Waals surface area contributed by atoms with Crippen LogP contribution in [0.15, 0.2) is 0 Å². The standard InChI is InChI=1S/C18H36O2.C3H9NO/c1-17(2)15-13-11-9-7-5-3-4-6-8-10-12-14-16-18(19)20;1-3(5)2-4/h17H,3-16H2,1-2H3,(H,19,20);3,5H,2,4H2,1H3. The molecule has 0 aliphatic rings. The third-order valence-corrected chi connectivity index (χ3v) is 4.26. The molecule has 25 heavy (non-hydrogen) atoms. The van der Waals surface area contributed by atoms with Gasteiger partial charge in [-0.2, -0.15) is 0 Å². The number of carbonyl (C=O) groups is 1. The average Bonchev–Trinajstić information content (AvgIpc) is 2.55. The van der Waals surface area contributed by atoms with E-state index in [-0.39, 0.29) is 6.10 Å². The van der Waals surface area contributed by atoms with Crippen molar-refractivity contribution < 1.29 is 15.0 Å². The summed E-state index contributed by atoms with van der Waals surface area (Å²) in [6.45, 7) is 6.63. The van der Waals surface area contributed by atoms with Crippen LogP contribution >= 0.6 is 0 Å². The van der Waals surface area contributed by atoms with Gasteiger partial charge in [-0.3, -0.25) is 4.79 Å². The maximum atomic E-state index is 10.3. The lowest BCUT2D eigenvalue weighted by Crippen LogP contribution is -2.14. The number of unbranched alkanes of at least 4 members (excludes halogenated alkanes) is 11.